The molecule has 2 aliphatic carbocycles. The van der Waals surface area contributed by atoms with Crippen LogP contribution in [-0.2, 0) is 29.8 Å². The molecule has 4 aliphatic rings. The van der Waals surface area contributed by atoms with Gasteiger partial charge in [0.15, 0.2) is 17.3 Å². The highest BCUT2D eigenvalue weighted by molar-refractivity contribution is 8.76. The molecule has 6 atom stereocenters. The van der Waals surface area contributed by atoms with Crippen LogP contribution in [0.4, 0.5) is 0 Å². The number of fused-ring (bicyclic) bond motifs is 9. The van der Waals surface area contributed by atoms with E-state index in [4.69, 9.17) is 16.2 Å². The van der Waals surface area contributed by atoms with Gasteiger partial charge >= 0.3 is 0 Å². The Labute approximate surface area is 414 Å². The average Bonchev–Trinajstić information content (AvgIpc) is 3.94. The lowest BCUT2D eigenvalue weighted by Gasteiger charge is -2.29. The maximum absolute atomic E-state index is 14.2. The molecule has 0 radical (unpaired) electrons. The van der Waals surface area contributed by atoms with E-state index in [2.05, 4.69) is 53.2 Å². The van der Waals surface area contributed by atoms with Gasteiger partial charge in [-0.15, -0.1) is 5.76 Å². The zero-order valence-electron chi connectivity index (χ0n) is 39.3. The largest absolute Gasteiger partial charge is 0.875 e. The Morgan fingerprint density at radius 2 is 1.72 bits per heavy atom. The highest BCUT2D eigenvalue weighted by atomic mass is 33.1. The summed E-state index contributed by atoms with van der Waals surface area (Å²) in [5.41, 5.74) is 20.3. The molecule has 0 spiro atoms. The van der Waals surface area contributed by atoms with E-state index in [-0.39, 0.29) is 54.3 Å². The number of hydrogen-bond acceptors (Lipinski definition) is 12. The van der Waals surface area contributed by atoms with E-state index in [1.54, 1.807) is 64.2 Å². The van der Waals surface area contributed by atoms with Crippen LogP contribution in [-0.4, -0.2) is 56.5 Å². The van der Waals surface area contributed by atoms with Crippen molar-refractivity contribution in [2.75, 3.05) is 12.4 Å². The number of rotatable bonds is 9. The first kappa shape index (κ1) is 50.1. The standard InChI is InChI=1S/C57H65N3O7S2/c1-36(61)26-39(11-10-37-6-3-2-4-7-37)18-22-57-23-19-44(62)15-12-38-14-17-52(64)55(28-38)67-25-21-40-13-16-51(63)49(27-40)48-31-53(65)45-20-24-60-50(45)9-5-8-41-29-47(56(58)59)42(30-46(41)48)34-68-69-35-43(32-57)54(66)33-57/h2-4,6-7,13-14,16-17,19-20,23-24,27-30,36,39,43,48,54,56,61,63-66H,9-12,15,18,21-22,25-26,31-35,58-59H2,1H3/p-1/b23-19+,53-45?/t36-,39+,43-,48+,54+,57+/m0/s1. The van der Waals surface area contributed by atoms with Gasteiger partial charge in [-0.2, -0.15) is 0 Å². The molecule has 8 bridgehead atoms. The van der Waals surface area contributed by atoms with Gasteiger partial charge < -0.3 is 41.7 Å². The summed E-state index contributed by atoms with van der Waals surface area (Å²) in [7, 11) is 3.35. The van der Waals surface area contributed by atoms with Crippen molar-refractivity contribution in [3.05, 3.63) is 159 Å². The minimum absolute atomic E-state index is 0.00882. The van der Waals surface area contributed by atoms with Gasteiger partial charge in [0.1, 0.15) is 5.75 Å². The number of hydrogen-bond donors (Lipinski definition) is 6. The van der Waals surface area contributed by atoms with Gasteiger partial charge in [-0.3, -0.25) is 9.79 Å². The van der Waals surface area contributed by atoms with E-state index in [1.165, 1.54) is 5.56 Å². The Bertz CT molecular complexity index is 2670. The number of aliphatic hydroxyl groups is 2. The Balaban J connectivity index is 1.12. The summed E-state index contributed by atoms with van der Waals surface area (Å²) in [6.45, 7) is 2.06. The van der Waals surface area contributed by atoms with Crippen LogP contribution in [0.2, 0.25) is 0 Å². The number of allylic oxidation sites excluding steroid dienone is 5. The van der Waals surface area contributed by atoms with Crippen molar-refractivity contribution in [3.63, 3.8) is 0 Å². The highest BCUT2D eigenvalue weighted by Gasteiger charge is 2.43. The number of aliphatic hydroxyl groups excluding tert-OH is 2. The number of aromatic hydroxyl groups is 2. The molecule has 1 fully saturated rings. The minimum Gasteiger partial charge on any atom is -0.875 e. The maximum atomic E-state index is 14.2. The first-order valence-electron chi connectivity index (χ1n) is 24.3. The molecule has 0 aromatic heterocycles. The number of aryl methyl sites for hydroxylation is 2. The molecule has 362 valence electrons. The topological polar surface area (TPSA) is 195 Å². The second-order valence-corrected chi connectivity index (χ2v) is 21.9. The lowest BCUT2D eigenvalue weighted by Crippen LogP contribution is -2.23. The third-order valence-electron chi connectivity index (χ3n) is 14.2. The normalized spacial score (nSPS) is 23.4. The van der Waals surface area contributed by atoms with Crippen LogP contribution >= 0.6 is 21.6 Å². The Kier molecular flexibility index (Phi) is 16.8. The fourth-order valence-electron chi connectivity index (χ4n) is 10.5. The average molecular weight is 967 g/mol. The van der Waals surface area contributed by atoms with Crippen molar-refractivity contribution >= 4 is 33.1 Å². The van der Waals surface area contributed by atoms with Crippen LogP contribution in [0.15, 0.2) is 120 Å². The first-order chi connectivity index (χ1) is 33.3. The van der Waals surface area contributed by atoms with Crippen LogP contribution < -0.4 is 21.3 Å². The number of benzene rings is 4. The zero-order chi connectivity index (χ0) is 48.5. The summed E-state index contributed by atoms with van der Waals surface area (Å²) in [4.78, 5) is 18.1. The summed E-state index contributed by atoms with van der Waals surface area (Å²) in [6.07, 6.45) is 12.3. The van der Waals surface area contributed by atoms with Gasteiger partial charge in [0, 0.05) is 47.6 Å². The zero-order valence-corrected chi connectivity index (χ0v) is 41.0. The van der Waals surface area contributed by atoms with Crippen LogP contribution in [0.5, 0.6) is 17.2 Å². The Morgan fingerprint density at radius 1 is 0.928 bits per heavy atom. The van der Waals surface area contributed by atoms with Crippen LogP contribution in [0.3, 0.4) is 0 Å². The number of phenols is 2. The molecule has 10 nitrogen and oxygen atoms in total. The van der Waals surface area contributed by atoms with Gasteiger partial charge in [-0.25, -0.2) is 0 Å². The SMILES string of the molecule is C[C@H](O)C[C@H](CCc1ccccc1)CC[C@@]12/C=C/C(=O)CCc3ccc(O)c(c3)OCCc3ccc(O)c(c3)[C@@H]3CC([O-])=C4C=CN=C4CC#Cc4cc(C(N)N)c(cc43)CSSC[C@H](C1)[C@H](O)C2. The first-order valence-corrected chi connectivity index (χ1v) is 26.8. The fraction of sp³-hybridized carbons (Fsp3) is 0.404. The van der Waals surface area contributed by atoms with Gasteiger partial charge in [0.05, 0.1) is 37.1 Å². The van der Waals surface area contributed by atoms with E-state index in [1.807, 2.05) is 31.2 Å². The number of carbonyl (C=O) groups is 1. The molecule has 69 heavy (non-hydrogen) atoms. The van der Waals surface area contributed by atoms with Crippen molar-refractivity contribution in [3.8, 4) is 29.1 Å². The number of phenolic OH excluding ortho intramolecular Hbond substituents is 2. The van der Waals surface area contributed by atoms with Crippen LogP contribution in [0.25, 0.3) is 0 Å². The molecular formula is C57H64N3O7S2-. The monoisotopic (exact) mass is 966 g/mol. The quantitative estimate of drug-likeness (QED) is 0.0533. The van der Waals surface area contributed by atoms with Crippen molar-refractivity contribution in [2.24, 2.45) is 33.7 Å². The number of ketones is 1. The molecule has 2 heterocycles. The fourth-order valence-corrected chi connectivity index (χ4v) is 13.0. The number of ether oxygens (including phenoxy) is 1. The minimum atomic E-state index is -0.804. The predicted molar refractivity (Wildman–Crippen MR) is 276 cm³/mol. The summed E-state index contributed by atoms with van der Waals surface area (Å²) >= 11 is 0. The summed E-state index contributed by atoms with van der Waals surface area (Å²) in [5, 5.41) is 58.9. The lowest BCUT2D eigenvalue weighted by molar-refractivity contribution is -0.307. The van der Waals surface area contributed by atoms with Crippen molar-refractivity contribution in [1.29, 1.82) is 0 Å². The third-order valence-corrected chi connectivity index (χ3v) is 16.7. The van der Waals surface area contributed by atoms with E-state index >= 15 is 0 Å². The summed E-state index contributed by atoms with van der Waals surface area (Å²) < 4.78 is 6.16. The smallest absolute Gasteiger partial charge is 0.161 e. The second-order valence-electron chi connectivity index (χ2n) is 19.4. The summed E-state index contributed by atoms with van der Waals surface area (Å²) in [5.74, 6) is 7.71. The van der Waals surface area contributed by atoms with Gasteiger partial charge in [0.25, 0.3) is 0 Å². The molecule has 0 saturated heterocycles. The maximum Gasteiger partial charge on any atom is 0.161 e. The number of aliphatic imine (C=N–C) groups is 1. The molecule has 4 aromatic rings. The van der Waals surface area contributed by atoms with E-state index in [0.29, 0.717) is 71.8 Å². The molecule has 8 rings (SSSR count). The second kappa shape index (κ2) is 23.1. The van der Waals surface area contributed by atoms with Crippen molar-refractivity contribution in [1.82, 2.24) is 0 Å². The molecule has 4 aromatic carbocycles. The number of carbonyl (C=O) groups excluding carboxylic acids is 1. The highest BCUT2D eigenvalue weighted by Crippen LogP contribution is 2.50. The number of nitrogens with two attached hydrogens (primary N) is 2. The van der Waals surface area contributed by atoms with Crippen molar-refractivity contribution < 1.29 is 35.1 Å². The van der Waals surface area contributed by atoms with Gasteiger partial charge in [0.2, 0.25) is 0 Å². The Hall–Kier alpha value is -5.26. The molecule has 0 unspecified atom stereocenters. The number of nitrogens with zero attached hydrogens (tertiary/aromatic N) is 1. The van der Waals surface area contributed by atoms with E-state index in [0.717, 1.165) is 59.9 Å². The molecule has 0 amide bonds. The Morgan fingerprint density at radius 3 is 2.52 bits per heavy atom. The van der Waals surface area contributed by atoms with Crippen LogP contribution in [0.1, 0.15) is 121 Å². The molecule has 2 aliphatic heterocycles. The van der Waals surface area contributed by atoms with E-state index < -0.39 is 29.7 Å². The predicted octanol–water partition coefficient (Wildman–Crippen LogP) is 9.01. The molecule has 1 saturated carbocycles. The van der Waals surface area contributed by atoms with Crippen LogP contribution in [0, 0.1) is 29.1 Å². The third kappa shape index (κ3) is 12.9. The van der Waals surface area contributed by atoms with Gasteiger partial charge in [-0.05, 0) is 157 Å². The van der Waals surface area contributed by atoms with Gasteiger partial charge in [-0.1, -0.05) is 94.1 Å². The molecular weight excluding hydrogens is 903 g/mol. The molecule has 8 N–H and O–H groups in total. The van der Waals surface area contributed by atoms with Crippen molar-refractivity contribution in [2.45, 2.75) is 114 Å². The molecule has 12 heteroatoms. The van der Waals surface area contributed by atoms with E-state index in [9.17, 15) is 30.3 Å². The lowest BCUT2D eigenvalue weighted by atomic mass is 9.76. The summed E-state index contributed by atoms with van der Waals surface area (Å²) in [6, 6.07) is 25.0.